The fraction of sp³-hybridized carbons (Fsp3) is 0.455. The van der Waals surface area contributed by atoms with Crippen LogP contribution in [0.25, 0.3) is 12.2 Å². The number of nitrogens with one attached hydrogen (secondary N) is 1. The van der Waals surface area contributed by atoms with E-state index in [-0.39, 0.29) is 52.4 Å². The van der Waals surface area contributed by atoms with Crippen molar-refractivity contribution in [2.24, 2.45) is 5.92 Å². The molecular weight excluding hydrogens is 440 g/mol. The molecule has 0 spiro atoms. The van der Waals surface area contributed by atoms with Crippen LogP contribution >= 0.6 is 0 Å². The average molecular weight is 468 g/mol. The molecule has 0 radical (unpaired) electrons. The molecule has 0 saturated carbocycles. The first-order chi connectivity index (χ1) is 14.9. The van der Waals surface area contributed by atoms with E-state index in [2.05, 4.69) is 10.5 Å². The third-order valence-electron chi connectivity index (χ3n) is 5.13. The van der Waals surface area contributed by atoms with Crippen LogP contribution in [0.2, 0.25) is 0 Å². The number of hydrogen-bond donors (Lipinski definition) is 1. The summed E-state index contributed by atoms with van der Waals surface area (Å²) in [5.74, 6) is -1.87. The molecule has 1 aromatic heterocycles. The number of piperidine rings is 1. The summed E-state index contributed by atoms with van der Waals surface area (Å²) >= 11 is 0. The number of aryl methyl sites for hydroxylation is 1. The number of carbonyl (C=O) groups is 1. The van der Waals surface area contributed by atoms with Crippen molar-refractivity contribution in [1.29, 1.82) is 0 Å². The van der Waals surface area contributed by atoms with Crippen molar-refractivity contribution in [1.82, 2.24) is 14.8 Å². The molecule has 1 saturated heterocycles. The predicted octanol–water partition coefficient (Wildman–Crippen LogP) is 3.75. The van der Waals surface area contributed by atoms with E-state index in [0.717, 1.165) is 12.1 Å². The van der Waals surface area contributed by atoms with E-state index in [0.29, 0.717) is 12.8 Å². The van der Waals surface area contributed by atoms with Crippen molar-refractivity contribution in [3.05, 3.63) is 46.9 Å². The molecule has 10 heteroatoms. The lowest BCUT2D eigenvalue weighted by molar-refractivity contribution is -0.127. The smallest absolute Gasteiger partial charge is 0.248 e. The average Bonchev–Trinajstić information content (AvgIpc) is 3.07. The van der Waals surface area contributed by atoms with Crippen molar-refractivity contribution in [2.45, 2.75) is 51.0 Å². The molecular formula is C22H27F2N3O4S. The minimum atomic E-state index is -3.95. The van der Waals surface area contributed by atoms with Crippen LogP contribution in [-0.4, -0.2) is 42.4 Å². The molecule has 2 heterocycles. The molecule has 1 aliphatic heterocycles. The molecule has 1 N–H and O–H groups in total. The van der Waals surface area contributed by atoms with Gasteiger partial charge in [0, 0.05) is 36.2 Å². The third kappa shape index (κ3) is 5.42. The maximum Gasteiger partial charge on any atom is 0.248 e. The SMILES string of the molecule is Cc1noc(C=Cc2ccc(F)cc2F)c1S(=O)(=O)N1CCC(C(=O)NC(C)(C)C)CC1. The molecule has 0 atom stereocenters. The molecule has 1 fully saturated rings. The minimum absolute atomic E-state index is 0.0428. The van der Waals surface area contributed by atoms with Crippen molar-refractivity contribution in [3.63, 3.8) is 0 Å². The summed E-state index contributed by atoms with van der Waals surface area (Å²) in [7, 11) is -3.95. The fourth-order valence-electron chi connectivity index (χ4n) is 3.56. The van der Waals surface area contributed by atoms with E-state index in [1.54, 1.807) is 0 Å². The monoisotopic (exact) mass is 467 g/mol. The Balaban J connectivity index is 1.78. The molecule has 174 valence electrons. The topological polar surface area (TPSA) is 92.5 Å². The molecule has 7 nitrogen and oxygen atoms in total. The van der Waals surface area contributed by atoms with Gasteiger partial charge in [0.1, 0.15) is 17.3 Å². The minimum Gasteiger partial charge on any atom is -0.355 e. The molecule has 0 aliphatic carbocycles. The van der Waals surface area contributed by atoms with Gasteiger partial charge in [0.25, 0.3) is 0 Å². The van der Waals surface area contributed by atoms with Crippen molar-refractivity contribution >= 4 is 28.1 Å². The lowest BCUT2D eigenvalue weighted by Gasteiger charge is -2.32. The van der Waals surface area contributed by atoms with Crippen molar-refractivity contribution in [3.8, 4) is 0 Å². The Morgan fingerprint density at radius 1 is 1.22 bits per heavy atom. The third-order valence-corrected chi connectivity index (χ3v) is 7.19. The fourth-order valence-corrected chi connectivity index (χ4v) is 5.28. The Bertz CT molecular complexity index is 1130. The molecule has 0 unspecified atom stereocenters. The van der Waals surface area contributed by atoms with E-state index in [9.17, 15) is 22.0 Å². The number of benzene rings is 1. The zero-order chi connectivity index (χ0) is 23.7. The zero-order valence-electron chi connectivity index (χ0n) is 18.5. The molecule has 0 bridgehead atoms. The predicted molar refractivity (Wildman–Crippen MR) is 116 cm³/mol. The Hall–Kier alpha value is -2.59. The van der Waals surface area contributed by atoms with Crippen molar-refractivity contribution in [2.75, 3.05) is 13.1 Å². The molecule has 3 rings (SSSR count). The summed E-state index contributed by atoms with van der Waals surface area (Å²) in [6, 6.07) is 3.08. The zero-order valence-corrected chi connectivity index (χ0v) is 19.3. The second kappa shape index (κ2) is 9.11. The molecule has 1 aliphatic rings. The van der Waals surface area contributed by atoms with Crippen LogP contribution in [0.5, 0.6) is 0 Å². The number of amides is 1. The number of nitrogens with zero attached hydrogens (tertiary/aromatic N) is 2. The highest BCUT2D eigenvalue weighted by atomic mass is 32.2. The van der Waals surface area contributed by atoms with Gasteiger partial charge in [0.2, 0.25) is 15.9 Å². The summed E-state index contributed by atoms with van der Waals surface area (Å²) in [5.41, 5.74) is -0.100. The number of carbonyl (C=O) groups excluding carboxylic acids is 1. The number of hydrogen-bond acceptors (Lipinski definition) is 5. The molecule has 1 aromatic carbocycles. The second-order valence-corrected chi connectivity index (χ2v) is 10.8. The van der Waals surface area contributed by atoms with Crippen molar-refractivity contribution < 1.29 is 26.5 Å². The maximum absolute atomic E-state index is 13.9. The Labute approximate surface area is 186 Å². The van der Waals surface area contributed by atoms with Gasteiger partial charge in [-0.3, -0.25) is 4.79 Å². The molecule has 32 heavy (non-hydrogen) atoms. The Kier molecular flexibility index (Phi) is 6.85. The van der Waals surface area contributed by atoms with Crippen LogP contribution in [-0.2, 0) is 14.8 Å². The van der Waals surface area contributed by atoms with Gasteiger partial charge in [-0.25, -0.2) is 17.2 Å². The van der Waals surface area contributed by atoms with Crippen LogP contribution < -0.4 is 5.32 Å². The van der Waals surface area contributed by atoms with Crippen LogP contribution in [0.4, 0.5) is 8.78 Å². The first-order valence-corrected chi connectivity index (χ1v) is 11.7. The number of rotatable bonds is 5. The highest BCUT2D eigenvalue weighted by molar-refractivity contribution is 7.89. The van der Waals surface area contributed by atoms with Gasteiger partial charge in [-0.1, -0.05) is 5.16 Å². The number of sulfonamides is 1. The lowest BCUT2D eigenvalue weighted by Crippen LogP contribution is -2.47. The standard InChI is InChI=1S/C22H27F2N3O4S/c1-14-20(19(31-26-14)8-6-15-5-7-17(23)13-18(15)24)32(29,30)27-11-9-16(10-12-27)21(28)25-22(2,3)4/h5-8,13,16H,9-12H2,1-4H3,(H,25,28). The number of halogens is 2. The van der Waals surface area contributed by atoms with Gasteiger partial charge in [0.15, 0.2) is 10.7 Å². The van der Waals surface area contributed by atoms with Gasteiger partial charge in [-0.2, -0.15) is 4.31 Å². The summed E-state index contributed by atoms with van der Waals surface area (Å²) < 4.78 is 60.0. The van der Waals surface area contributed by atoms with Crippen LogP contribution in [0.3, 0.4) is 0 Å². The maximum atomic E-state index is 13.9. The van der Waals surface area contributed by atoms with E-state index in [4.69, 9.17) is 4.52 Å². The first kappa shape index (κ1) is 24.1. The Morgan fingerprint density at radius 2 is 1.88 bits per heavy atom. The first-order valence-electron chi connectivity index (χ1n) is 10.3. The van der Waals surface area contributed by atoms with Gasteiger partial charge >= 0.3 is 0 Å². The van der Waals surface area contributed by atoms with Crippen LogP contribution in [0.1, 0.15) is 50.6 Å². The highest BCUT2D eigenvalue weighted by Crippen LogP contribution is 2.29. The second-order valence-electron chi connectivity index (χ2n) is 8.88. The lowest BCUT2D eigenvalue weighted by atomic mass is 9.96. The summed E-state index contributed by atoms with van der Waals surface area (Å²) in [4.78, 5) is 12.3. The Morgan fingerprint density at radius 3 is 2.47 bits per heavy atom. The van der Waals surface area contributed by atoms with E-state index >= 15 is 0 Å². The quantitative estimate of drug-likeness (QED) is 0.723. The van der Waals surface area contributed by atoms with E-state index < -0.39 is 21.7 Å². The van der Waals surface area contributed by atoms with Crippen LogP contribution in [0, 0.1) is 24.5 Å². The van der Waals surface area contributed by atoms with E-state index in [1.807, 2.05) is 20.8 Å². The van der Waals surface area contributed by atoms with E-state index in [1.165, 1.54) is 29.4 Å². The molecule has 2 aromatic rings. The largest absolute Gasteiger partial charge is 0.355 e. The van der Waals surface area contributed by atoms with Gasteiger partial charge in [-0.05, 0) is 64.8 Å². The summed E-state index contributed by atoms with van der Waals surface area (Å²) in [5, 5.41) is 6.69. The number of aromatic nitrogens is 1. The highest BCUT2D eigenvalue weighted by Gasteiger charge is 2.36. The van der Waals surface area contributed by atoms with Gasteiger partial charge < -0.3 is 9.84 Å². The summed E-state index contributed by atoms with van der Waals surface area (Å²) in [6.45, 7) is 7.57. The van der Waals surface area contributed by atoms with Crippen LogP contribution in [0.15, 0.2) is 27.6 Å². The molecule has 1 amide bonds. The van der Waals surface area contributed by atoms with Gasteiger partial charge in [0.05, 0.1) is 0 Å². The normalized spacial score (nSPS) is 16.6. The van der Waals surface area contributed by atoms with Gasteiger partial charge in [-0.15, -0.1) is 0 Å². The summed E-state index contributed by atoms with van der Waals surface area (Å²) in [6.07, 6.45) is 3.40.